The maximum atomic E-state index is 11.7. The van der Waals surface area contributed by atoms with Gasteiger partial charge in [-0.25, -0.2) is 0 Å². The number of carbonyl (C=O) groups excluding carboxylic acids is 1. The standard InChI is InChI=1S/C13H21N3O/c1-13(2,9-14-3)10-16-12(17)8-11-6-4-5-7-15-11/h4-7,14H,8-10H2,1-3H3,(H,16,17). The Labute approximate surface area is 103 Å². The van der Waals surface area contributed by atoms with Crippen molar-refractivity contribution < 1.29 is 4.79 Å². The van der Waals surface area contributed by atoms with Gasteiger partial charge in [0.2, 0.25) is 5.91 Å². The van der Waals surface area contributed by atoms with Crippen LogP contribution < -0.4 is 10.6 Å². The summed E-state index contributed by atoms with van der Waals surface area (Å²) in [7, 11) is 1.91. The molecule has 0 saturated carbocycles. The van der Waals surface area contributed by atoms with Crippen molar-refractivity contribution in [1.82, 2.24) is 15.6 Å². The van der Waals surface area contributed by atoms with Crippen molar-refractivity contribution in [2.24, 2.45) is 5.41 Å². The van der Waals surface area contributed by atoms with E-state index in [1.165, 1.54) is 0 Å². The van der Waals surface area contributed by atoms with Crippen LogP contribution in [0.5, 0.6) is 0 Å². The number of hydrogen-bond acceptors (Lipinski definition) is 3. The molecule has 1 aromatic rings. The van der Waals surface area contributed by atoms with Crippen LogP contribution in [0.2, 0.25) is 0 Å². The van der Waals surface area contributed by atoms with Gasteiger partial charge in [0, 0.05) is 25.0 Å². The summed E-state index contributed by atoms with van der Waals surface area (Å²) in [5.74, 6) is 0.0212. The van der Waals surface area contributed by atoms with Gasteiger partial charge < -0.3 is 10.6 Å². The first kappa shape index (κ1) is 13.6. The van der Waals surface area contributed by atoms with Crippen molar-refractivity contribution in [1.29, 1.82) is 0 Å². The molecule has 4 nitrogen and oxygen atoms in total. The van der Waals surface area contributed by atoms with E-state index in [4.69, 9.17) is 0 Å². The monoisotopic (exact) mass is 235 g/mol. The predicted molar refractivity (Wildman–Crippen MR) is 68.7 cm³/mol. The van der Waals surface area contributed by atoms with E-state index in [1.54, 1.807) is 6.20 Å². The molecule has 0 aliphatic carbocycles. The SMILES string of the molecule is CNCC(C)(C)CNC(=O)Cc1ccccn1. The zero-order chi connectivity index (χ0) is 12.7. The number of rotatable bonds is 6. The molecule has 0 spiro atoms. The third kappa shape index (κ3) is 5.45. The van der Waals surface area contributed by atoms with Gasteiger partial charge in [-0.1, -0.05) is 19.9 Å². The average molecular weight is 235 g/mol. The van der Waals surface area contributed by atoms with Crippen molar-refractivity contribution in [2.45, 2.75) is 20.3 Å². The Hall–Kier alpha value is -1.42. The van der Waals surface area contributed by atoms with Gasteiger partial charge in [-0.05, 0) is 24.6 Å². The summed E-state index contributed by atoms with van der Waals surface area (Å²) in [6, 6.07) is 5.59. The van der Waals surface area contributed by atoms with E-state index in [2.05, 4.69) is 29.5 Å². The van der Waals surface area contributed by atoms with Gasteiger partial charge in [0.05, 0.1) is 6.42 Å². The Bertz CT molecular complexity index is 349. The fraction of sp³-hybridized carbons (Fsp3) is 0.538. The van der Waals surface area contributed by atoms with Crippen LogP contribution in [-0.2, 0) is 11.2 Å². The molecule has 1 heterocycles. The molecule has 0 radical (unpaired) electrons. The van der Waals surface area contributed by atoms with Crippen LogP contribution in [-0.4, -0.2) is 31.0 Å². The van der Waals surface area contributed by atoms with E-state index in [0.29, 0.717) is 13.0 Å². The molecule has 1 rings (SSSR count). The lowest BCUT2D eigenvalue weighted by atomic mass is 9.93. The minimum Gasteiger partial charge on any atom is -0.355 e. The molecule has 0 bridgehead atoms. The summed E-state index contributed by atoms with van der Waals surface area (Å²) < 4.78 is 0. The summed E-state index contributed by atoms with van der Waals surface area (Å²) in [5.41, 5.74) is 0.866. The maximum absolute atomic E-state index is 11.7. The fourth-order valence-corrected chi connectivity index (χ4v) is 1.61. The molecular formula is C13H21N3O. The minimum absolute atomic E-state index is 0.0212. The lowest BCUT2D eigenvalue weighted by Gasteiger charge is -2.24. The van der Waals surface area contributed by atoms with Crippen LogP contribution in [0.1, 0.15) is 19.5 Å². The number of nitrogens with one attached hydrogen (secondary N) is 2. The first-order valence-electron chi connectivity index (χ1n) is 5.85. The van der Waals surface area contributed by atoms with Gasteiger partial charge in [0.15, 0.2) is 0 Å². The zero-order valence-corrected chi connectivity index (χ0v) is 10.8. The number of amides is 1. The Morgan fingerprint density at radius 1 is 1.35 bits per heavy atom. The van der Waals surface area contributed by atoms with Gasteiger partial charge in [0.1, 0.15) is 0 Å². The van der Waals surface area contributed by atoms with Gasteiger partial charge in [-0.3, -0.25) is 9.78 Å². The quantitative estimate of drug-likeness (QED) is 0.773. The highest BCUT2D eigenvalue weighted by Gasteiger charge is 2.17. The summed E-state index contributed by atoms with van der Waals surface area (Å²) in [4.78, 5) is 15.8. The van der Waals surface area contributed by atoms with E-state index in [1.807, 2.05) is 25.2 Å². The summed E-state index contributed by atoms with van der Waals surface area (Å²) in [6.45, 7) is 5.77. The highest BCUT2D eigenvalue weighted by Crippen LogP contribution is 2.11. The minimum atomic E-state index is 0.0212. The molecule has 2 N–H and O–H groups in total. The Kier molecular flexibility index (Phi) is 5.10. The molecule has 0 atom stereocenters. The number of pyridine rings is 1. The Balaban J connectivity index is 2.36. The first-order valence-corrected chi connectivity index (χ1v) is 5.85. The second kappa shape index (κ2) is 6.35. The molecule has 0 saturated heterocycles. The van der Waals surface area contributed by atoms with Crippen molar-refractivity contribution in [2.75, 3.05) is 20.1 Å². The van der Waals surface area contributed by atoms with Gasteiger partial charge in [-0.15, -0.1) is 0 Å². The molecule has 4 heteroatoms. The Morgan fingerprint density at radius 2 is 2.12 bits per heavy atom. The number of aromatic nitrogens is 1. The molecule has 1 aromatic heterocycles. The lowest BCUT2D eigenvalue weighted by Crippen LogP contribution is -2.40. The van der Waals surface area contributed by atoms with Crippen molar-refractivity contribution in [3.05, 3.63) is 30.1 Å². The molecule has 1 amide bonds. The third-order valence-corrected chi connectivity index (χ3v) is 2.49. The fourth-order valence-electron chi connectivity index (χ4n) is 1.61. The highest BCUT2D eigenvalue weighted by molar-refractivity contribution is 5.78. The first-order chi connectivity index (χ1) is 8.03. The summed E-state index contributed by atoms with van der Waals surface area (Å²) in [5, 5.41) is 6.06. The second-order valence-corrected chi connectivity index (χ2v) is 4.97. The molecule has 0 aliphatic rings. The van der Waals surface area contributed by atoms with Crippen LogP contribution in [0.3, 0.4) is 0 Å². The molecule has 0 unspecified atom stereocenters. The van der Waals surface area contributed by atoms with E-state index in [9.17, 15) is 4.79 Å². The van der Waals surface area contributed by atoms with Crippen LogP contribution >= 0.6 is 0 Å². The molecule has 17 heavy (non-hydrogen) atoms. The van der Waals surface area contributed by atoms with E-state index in [0.717, 1.165) is 12.2 Å². The van der Waals surface area contributed by atoms with Gasteiger partial charge >= 0.3 is 0 Å². The lowest BCUT2D eigenvalue weighted by molar-refractivity contribution is -0.120. The highest BCUT2D eigenvalue weighted by atomic mass is 16.1. The second-order valence-electron chi connectivity index (χ2n) is 4.97. The third-order valence-electron chi connectivity index (χ3n) is 2.49. The van der Waals surface area contributed by atoms with Crippen molar-refractivity contribution >= 4 is 5.91 Å². The van der Waals surface area contributed by atoms with Gasteiger partial charge in [0.25, 0.3) is 0 Å². The molecule has 94 valence electrons. The van der Waals surface area contributed by atoms with Crippen molar-refractivity contribution in [3.8, 4) is 0 Å². The van der Waals surface area contributed by atoms with E-state index >= 15 is 0 Å². The predicted octanol–water partition coefficient (Wildman–Crippen LogP) is 0.986. The van der Waals surface area contributed by atoms with Gasteiger partial charge in [-0.2, -0.15) is 0 Å². The molecular weight excluding hydrogens is 214 g/mol. The largest absolute Gasteiger partial charge is 0.355 e. The maximum Gasteiger partial charge on any atom is 0.226 e. The Morgan fingerprint density at radius 3 is 2.71 bits per heavy atom. The topological polar surface area (TPSA) is 54.0 Å². The van der Waals surface area contributed by atoms with E-state index < -0.39 is 0 Å². The normalized spacial score (nSPS) is 11.2. The molecule has 0 aromatic carbocycles. The van der Waals surface area contributed by atoms with Crippen LogP contribution in [0.4, 0.5) is 0 Å². The van der Waals surface area contributed by atoms with E-state index in [-0.39, 0.29) is 11.3 Å². The summed E-state index contributed by atoms with van der Waals surface area (Å²) in [6.07, 6.45) is 2.05. The van der Waals surface area contributed by atoms with Crippen LogP contribution in [0.25, 0.3) is 0 Å². The number of carbonyl (C=O) groups is 1. The molecule has 0 fully saturated rings. The number of hydrogen-bond donors (Lipinski definition) is 2. The average Bonchev–Trinajstić information content (AvgIpc) is 2.28. The summed E-state index contributed by atoms with van der Waals surface area (Å²) >= 11 is 0. The van der Waals surface area contributed by atoms with Crippen molar-refractivity contribution in [3.63, 3.8) is 0 Å². The smallest absolute Gasteiger partial charge is 0.226 e. The zero-order valence-electron chi connectivity index (χ0n) is 10.8. The number of nitrogens with zero attached hydrogens (tertiary/aromatic N) is 1. The molecule has 0 aliphatic heterocycles. The van der Waals surface area contributed by atoms with Crippen LogP contribution in [0.15, 0.2) is 24.4 Å². The van der Waals surface area contributed by atoms with Crippen LogP contribution in [0, 0.1) is 5.41 Å².